The molecule has 0 fully saturated rings. The van der Waals surface area contributed by atoms with Crippen LogP contribution in [0.1, 0.15) is 5.69 Å². The highest BCUT2D eigenvalue weighted by Gasteiger charge is 2.15. The van der Waals surface area contributed by atoms with Crippen LogP contribution in [0.5, 0.6) is 0 Å². The standard InChI is InChI=1S/C13H10BrClN4OS/c1-5-10(21-6-2-3-7(14)8(15)4-6)9-11(17-5)18-13(16)19-12(9)20/h2-4H,1H3,(H4,16,17,18,19,20). The number of aryl methyl sites for hydroxylation is 1. The van der Waals surface area contributed by atoms with Gasteiger partial charge < -0.3 is 10.7 Å². The first-order chi connectivity index (χ1) is 9.95. The van der Waals surface area contributed by atoms with Crippen LogP contribution in [0.15, 0.2) is 37.3 Å². The van der Waals surface area contributed by atoms with Crippen molar-refractivity contribution in [1.29, 1.82) is 0 Å². The van der Waals surface area contributed by atoms with Crippen molar-refractivity contribution in [3.63, 3.8) is 0 Å². The number of aromatic nitrogens is 3. The number of halogens is 2. The molecule has 0 unspecified atom stereocenters. The molecule has 0 saturated carbocycles. The van der Waals surface area contributed by atoms with Gasteiger partial charge in [0.25, 0.3) is 5.56 Å². The van der Waals surface area contributed by atoms with Gasteiger partial charge in [-0.15, -0.1) is 0 Å². The Balaban J connectivity index is 2.14. The van der Waals surface area contributed by atoms with Gasteiger partial charge in [-0.25, -0.2) is 0 Å². The van der Waals surface area contributed by atoms with Gasteiger partial charge >= 0.3 is 0 Å². The van der Waals surface area contributed by atoms with Crippen LogP contribution < -0.4 is 11.3 Å². The van der Waals surface area contributed by atoms with Gasteiger partial charge in [-0.2, -0.15) is 4.98 Å². The monoisotopic (exact) mass is 384 g/mol. The normalized spacial score (nSPS) is 11.2. The van der Waals surface area contributed by atoms with Crippen molar-refractivity contribution in [2.45, 2.75) is 16.7 Å². The van der Waals surface area contributed by atoms with Gasteiger partial charge in [-0.1, -0.05) is 23.4 Å². The Morgan fingerprint density at radius 3 is 2.86 bits per heavy atom. The molecule has 3 aromatic rings. The maximum atomic E-state index is 12.1. The predicted octanol–water partition coefficient (Wildman–Crippen LogP) is 3.71. The second kappa shape index (κ2) is 5.40. The topological polar surface area (TPSA) is 87.6 Å². The van der Waals surface area contributed by atoms with Crippen molar-refractivity contribution >= 4 is 56.3 Å². The van der Waals surface area contributed by atoms with E-state index >= 15 is 0 Å². The summed E-state index contributed by atoms with van der Waals surface area (Å²) in [7, 11) is 0. The van der Waals surface area contributed by atoms with Crippen LogP contribution in [0, 0.1) is 6.92 Å². The minimum atomic E-state index is -0.257. The second-order valence-corrected chi connectivity index (χ2v) is 6.78. The lowest BCUT2D eigenvalue weighted by molar-refractivity contribution is 1.17. The first-order valence-electron chi connectivity index (χ1n) is 5.96. The molecule has 4 N–H and O–H groups in total. The molecule has 2 aromatic heterocycles. The Morgan fingerprint density at radius 2 is 2.14 bits per heavy atom. The number of fused-ring (bicyclic) bond motifs is 1. The van der Waals surface area contributed by atoms with Crippen LogP contribution in [0.2, 0.25) is 5.02 Å². The summed E-state index contributed by atoms with van der Waals surface area (Å²) in [6.45, 7) is 1.89. The van der Waals surface area contributed by atoms with E-state index < -0.39 is 0 Å². The van der Waals surface area contributed by atoms with E-state index in [1.807, 2.05) is 25.1 Å². The Bertz CT molecular complexity index is 905. The fraction of sp³-hybridized carbons (Fsp3) is 0.0769. The smallest absolute Gasteiger partial charge is 0.262 e. The summed E-state index contributed by atoms with van der Waals surface area (Å²) in [6, 6.07) is 5.64. The molecule has 21 heavy (non-hydrogen) atoms. The lowest BCUT2D eigenvalue weighted by Gasteiger charge is -2.03. The zero-order valence-electron chi connectivity index (χ0n) is 10.8. The number of hydrogen-bond donors (Lipinski definition) is 3. The summed E-state index contributed by atoms with van der Waals surface area (Å²) >= 11 is 10.9. The maximum Gasteiger partial charge on any atom is 0.262 e. The second-order valence-electron chi connectivity index (χ2n) is 4.43. The average molecular weight is 386 g/mol. The summed E-state index contributed by atoms with van der Waals surface area (Å²) in [4.78, 5) is 23.6. The zero-order chi connectivity index (χ0) is 15.1. The van der Waals surface area contributed by atoms with Crippen molar-refractivity contribution in [3.8, 4) is 0 Å². The van der Waals surface area contributed by atoms with Gasteiger partial charge in [0, 0.05) is 20.0 Å². The van der Waals surface area contributed by atoms with Crippen LogP contribution in [-0.4, -0.2) is 15.0 Å². The summed E-state index contributed by atoms with van der Waals surface area (Å²) in [5.41, 5.74) is 6.64. The average Bonchev–Trinajstić information content (AvgIpc) is 2.70. The fourth-order valence-corrected chi connectivity index (χ4v) is 3.54. The molecule has 0 aliphatic rings. The van der Waals surface area contributed by atoms with Crippen LogP contribution in [0.4, 0.5) is 5.95 Å². The lowest BCUT2D eigenvalue weighted by Crippen LogP contribution is -2.10. The zero-order valence-corrected chi connectivity index (χ0v) is 14.0. The number of benzene rings is 1. The lowest BCUT2D eigenvalue weighted by atomic mass is 10.3. The van der Waals surface area contributed by atoms with Crippen molar-refractivity contribution in [1.82, 2.24) is 15.0 Å². The molecule has 108 valence electrons. The van der Waals surface area contributed by atoms with E-state index in [9.17, 15) is 4.79 Å². The van der Waals surface area contributed by atoms with Gasteiger partial charge in [0.05, 0.1) is 10.4 Å². The van der Waals surface area contributed by atoms with E-state index in [4.69, 9.17) is 17.3 Å². The molecule has 0 radical (unpaired) electrons. The van der Waals surface area contributed by atoms with E-state index in [2.05, 4.69) is 30.9 Å². The Morgan fingerprint density at radius 1 is 1.38 bits per heavy atom. The number of anilines is 1. The highest BCUT2D eigenvalue weighted by atomic mass is 79.9. The highest BCUT2D eigenvalue weighted by molar-refractivity contribution is 9.10. The molecule has 0 atom stereocenters. The third-order valence-corrected chi connectivity index (χ3v) is 5.36. The third-order valence-electron chi connectivity index (χ3n) is 2.92. The van der Waals surface area contributed by atoms with Crippen LogP contribution in [-0.2, 0) is 0 Å². The molecule has 0 aliphatic carbocycles. The molecule has 0 spiro atoms. The van der Waals surface area contributed by atoms with E-state index in [0.717, 1.165) is 20.0 Å². The molecule has 5 nitrogen and oxygen atoms in total. The van der Waals surface area contributed by atoms with Crippen LogP contribution in [0.3, 0.4) is 0 Å². The van der Waals surface area contributed by atoms with Gasteiger partial charge in [-0.05, 0) is 41.1 Å². The number of nitrogens with two attached hydrogens (primary N) is 1. The van der Waals surface area contributed by atoms with E-state index in [1.165, 1.54) is 11.8 Å². The number of H-pyrrole nitrogens is 2. The summed E-state index contributed by atoms with van der Waals surface area (Å²) < 4.78 is 0.830. The quantitative estimate of drug-likeness (QED) is 0.627. The minimum Gasteiger partial charge on any atom is -0.369 e. The first kappa shape index (κ1) is 14.5. The maximum absolute atomic E-state index is 12.1. The van der Waals surface area contributed by atoms with E-state index in [1.54, 1.807) is 0 Å². The molecule has 0 amide bonds. The number of aromatic amines is 2. The number of nitrogens with zero attached hydrogens (tertiary/aromatic N) is 1. The van der Waals surface area contributed by atoms with Gasteiger partial charge in [0.2, 0.25) is 5.95 Å². The SMILES string of the molecule is Cc1[nH]c2nc(N)[nH]c(=O)c2c1Sc1ccc(Br)c(Cl)c1. The van der Waals surface area contributed by atoms with Gasteiger partial charge in [-0.3, -0.25) is 9.78 Å². The molecule has 8 heteroatoms. The number of nitrogen functional groups attached to an aromatic ring is 1. The van der Waals surface area contributed by atoms with E-state index in [-0.39, 0.29) is 11.5 Å². The number of hydrogen-bond acceptors (Lipinski definition) is 4. The molecular formula is C13H10BrClN4OS. The Hall–Kier alpha value is -1.44. The minimum absolute atomic E-state index is 0.0944. The van der Waals surface area contributed by atoms with Crippen molar-refractivity contribution in [2.75, 3.05) is 5.73 Å². The molecule has 0 saturated heterocycles. The summed E-state index contributed by atoms with van der Waals surface area (Å²) in [5, 5.41) is 1.12. The van der Waals surface area contributed by atoms with Crippen LogP contribution >= 0.6 is 39.3 Å². The van der Waals surface area contributed by atoms with Crippen molar-refractivity contribution in [2.24, 2.45) is 0 Å². The molecule has 3 rings (SSSR count). The van der Waals surface area contributed by atoms with Gasteiger partial charge in [0.1, 0.15) is 5.65 Å². The molecule has 2 heterocycles. The van der Waals surface area contributed by atoms with E-state index in [0.29, 0.717) is 16.1 Å². The third kappa shape index (κ3) is 2.68. The van der Waals surface area contributed by atoms with Crippen LogP contribution in [0.25, 0.3) is 11.0 Å². The number of nitrogens with one attached hydrogen (secondary N) is 2. The number of rotatable bonds is 2. The largest absolute Gasteiger partial charge is 0.369 e. The van der Waals surface area contributed by atoms with Crippen molar-refractivity contribution in [3.05, 3.63) is 43.7 Å². The fourth-order valence-electron chi connectivity index (χ4n) is 2.00. The molecular weight excluding hydrogens is 376 g/mol. The Labute approximate surface area is 137 Å². The first-order valence-corrected chi connectivity index (χ1v) is 7.95. The molecule has 1 aromatic carbocycles. The summed E-state index contributed by atoms with van der Waals surface area (Å²) in [6.07, 6.45) is 0. The predicted molar refractivity (Wildman–Crippen MR) is 89.1 cm³/mol. The molecule has 0 bridgehead atoms. The summed E-state index contributed by atoms with van der Waals surface area (Å²) in [5.74, 6) is 0.0944. The Kier molecular flexibility index (Phi) is 3.73. The van der Waals surface area contributed by atoms with Crippen molar-refractivity contribution < 1.29 is 0 Å². The molecule has 0 aliphatic heterocycles. The van der Waals surface area contributed by atoms with Gasteiger partial charge in [0.15, 0.2) is 0 Å². The highest BCUT2D eigenvalue weighted by Crippen LogP contribution is 2.36.